The summed E-state index contributed by atoms with van der Waals surface area (Å²) in [6.45, 7) is 2.01. The van der Waals surface area contributed by atoms with Crippen molar-refractivity contribution in [3.05, 3.63) is 41.0 Å². The van der Waals surface area contributed by atoms with Crippen molar-refractivity contribution < 1.29 is 14.3 Å². The minimum absolute atomic E-state index is 0.0118. The van der Waals surface area contributed by atoms with Crippen LogP contribution in [0.5, 0.6) is 0 Å². The number of carbonyl (C=O) groups is 2. The van der Waals surface area contributed by atoms with Gasteiger partial charge >= 0.3 is 5.97 Å². The fourth-order valence-corrected chi connectivity index (χ4v) is 2.88. The third kappa shape index (κ3) is 5.54. The zero-order valence-electron chi connectivity index (χ0n) is 13.0. The number of amides is 1. The molecule has 0 saturated heterocycles. The summed E-state index contributed by atoms with van der Waals surface area (Å²) in [5.74, 6) is -0.486. The van der Waals surface area contributed by atoms with Gasteiger partial charge in [0.15, 0.2) is 0 Å². The van der Waals surface area contributed by atoms with E-state index in [1.165, 1.54) is 18.0 Å². The number of aromatic nitrogens is 3. The first kappa shape index (κ1) is 18.3. The fraction of sp³-hybridized carbons (Fsp3) is 0.333. The molecule has 0 aliphatic carbocycles. The summed E-state index contributed by atoms with van der Waals surface area (Å²) in [6, 6.07) is 6.52. The number of nitrogens with one attached hydrogen (secondary N) is 2. The zero-order valence-corrected chi connectivity index (χ0v) is 14.6. The number of esters is 1. The predicted molar refractivity (Wildman–Crippen MR) is 90.7 cm³/mol. The quantitative estimate of drug-likeness (QED) is 0.548. The van der Waals surface area contributed by atoms with E-state index in [0.29, 0.717) is 15.6 Å². The highest BCUT2D eigenvalue weighted by atomic mass is 35.5. The molecular weight excluding hydrogens is 352 g/mol. The number of halogens is 1. The molecule has 2 N–H and O–H groups in total. The van der Waals surface area contributed by atoms with Gasteiger partial charge in [-0.3, -0.25) is 9.59 Å². The lowest BCUT2D eigenvalue weighted by Crippen LogP contribution is -2.32. The molecule has 0 spiro atoms. The Morgan fingerprint density at radius 2 is 2.21 bits per heavy atom. The molecule has 0 radical (unpaired) electrons. The lowest BCUT2D eigenvalue weighted by atomic mass is 10.0. The number of carbonyl (C=O) groups excluding carboxylic acids is 2. The molecule has 1 aromatic carbocycles. The van der Waals surface area contributed by atoms with Crippen LogP contribution in [0.4, 0.5) is 0 Å². The Bertz CT molecular complexity index is 681. The number of rotatable bonds is 8. The van der Waals surface area contributed by atoms with Gasteiger partial charge < -0.3 is 10.1 Å². The van der Waals surface area contributed by atoms with Gasteiger partial charge in [0.2, 0.25) is 5.91 Å². The first-order valence-electron chi connectivity index (χ1n) is 7.28. The Hall–Kier alpha value is -2.06. The highest BCUT2D eigenvalue weighted by molar-refractivity contribution is 7.99. The van der Waals surface area contributed by atoms with Gasteiger partial charge in [-0.15, -0.1) is 5.10 Å². The van der Waals surface area contributed by atoms with Crippen molar-refractivity contribution in [2.45, 2.75) is 24.4 Å². The van der Waals surface area contributed by atoms with Crippen LogP contribution in [-0.4, -0.2) is 39.6 Å². The van der Waals surface area contributed by atoms with Crippen LogP contribution in [0.2, 0.25) is 5.02 Å². The number of thioether (sulfide) groups is 1. The van der Waals surface area contributed by atoms with E-state index in [2.05, 4.69) is 20.7 Å². The van der Waals surface area contributed by atoms with Crippen LogP contribution in [0, 0.1) is 0 Å². The van der Waals surface area contributed by atoms with Gasteiger partial charge in [-0.05, 0) is 18.6 Å². The van der Waals surface area contributed by atoms with Gasteiger partial charge in [-0.2, -0.15) is 10.3 Å². The summed E-state index contributed by atoms with van der Waals surface area (Å²) in [4.78, 5) is 24.0. The van der Waals surface area contributed by atoms with E-state index in [-0.39, 0.29) is 24.7 Å². The zero-order chi connectivity index (χ0) is 17.4. The van der Waals surface area contributed by atoms with Crippen molar-refractivity contribution in [2.75, 3.05) is 12.4 Å². The molecule has 0 aliphatic heterocycles. The molecule has 0 aliphatic rings. The molecule has 128 valence electrons. The van der Waals surface area contributed by atoms with Gasteiger partial charge in [0.1, 0.15) is 5.03 Å². The molecule has 0 fully saturated rings. The van der Waals surface area contributed by atoms with E-state index < -0.39 is 12.0 Å². The highest BCUT2D eigenvalue weighted by Gasteiger charge is 2.21. The van der Waals surface area contributed by atoms with E-state index in [1.807, 2.05) is 0 Å². The topological polar surface area (TPSA) is 97.0 Å². The maximum atomic E-state index is 12.2. The molecule has 1 atom stereocenters. The third-order valence-corrected chi connectivity index (χ3v) is 4.28. The monoisotopic (exact) mass is 368 g/mol. The van der Waals surface area contributed by atoms with Gasteiger partial charge in [-0.25, -0.2) is 0 Å². The number of nitrogens with zero attached hydrogens (tertiary/aromatic N) is 2. The van der Waals surface area contributed by atoms with Gasteiger partial charge in [0, 0.05) is 5.02 Å². The van der Waals surface area contributed by atoms with E-state index >= 15 is 0 Å². The second-order valence-electron chi connectivity index (χ2n) is 4.75. The van der Waals surface area contributed by atoms with Crippen LogP contribution in [0.3, 0.4) is 0 Å². The number of H-pyrrole nitrogens is 1. The average molecular weight is 369 g/mol. The lowest BCUT2D eigenvalue weighted by molar-refractivity contribution is -0.143. The van der Waals surface area contributed by atoms with E-state index in [9.17, 15) is 9.59 Å². The molecule has 2 aromatic rings. The van der Waals surface area contributed by atoms with Crippen LogP contribution in [0.1, 0.15) is 24.9 Å². The van der Waals surface area contributed by atoms with E-state index in [4.69, 9.17) is 16.3 Å². The third-order valence-electron chi connectivity index (χ3n) is 3.04. The Labute approximate surface area is 148 Å². The summed E-state index contributed by atoms with van der Waals surface area (Å²) < 4.78 is 4.97. The van der Waals surface area contributed by atoms with Crippen molar-refractivity contribution in [3.8, 4) is 0 Å². The second-order valence-corrected chi connectivity index (χ2v) is 6.15. The van der Waals surface area contributed by atoms with Crippen molar-refractivity contribution >= 4 is 35.2 Å². The maximum absolute atomic E-state index is 12.2. The lowest BCUT2D eigenvalue weighted by Gasteiger charge is -2.19. The molecule has 24 heavy (non-hydrogen) atoms. The Balaban J connectivity index is 2.03. The van der Waals surface area contributed by atoms with Gasteiger partial charge in [0.05, 0.1) is 31.0 Å². The smallest absolute Gasteiger partial charge is 0.308 e. The highest BCUT2D eigenvalue weighted by Crippen LogP contribution is 2.26. The molecule has 7 nitrogen and oxygen atoms in total. The Morgan fingerprint density at radius 3 is 2.88 bits per heavy atom. The van der Waals surface area contributed by atoms with Crippen molar-refractivity contribution in [3.63, 3.8) is 0 Å². The second kappa shape index (κ2) is 9.29. The molecule has 0 bridgehead atoms. The number of hydrogen-bond donors (Lipinski definition) is 2. The van der Waals surface area contributed by atoms with Crippen LogP contribution in [0.15, 0.2) is 35.5 Å². The van der Waals surface area contributed by atoms with Crippen LogP contribution >= 0.6 is 23.4 Å². The van der Waals surface area contributed by atoms with E-state index in [1.54, 1.807) is 31.2 Å². The summed E-state index contributed by atoms with van der Waals surface area (Å²) in [5, 5.41) is 13.9. The van der Waals surface area contributed by atoms with Gasteiger partial charge in [0.25, 0.3) is 0 Å². The minimum atomic E-state index is -0.553. The van der Waals surface area contributed by atoms with Crippen LogP contribution < -0.4 is 5.32 Å². The van der Waals surface area contributed by atoms with Crippen molar-refractivity contribution in [2.24, 2.45) is 0 Å². The Morgan fingerprint density at radius 1 is 1.42 bits per heavy atom. The molecule has 1 heterocycles. The first-order chi connectivity index (χ1) is 11.6. The maximum Gasteiger partial charge on any atom is 0.308 e. The van der Waals surface area contributed by atoms with Crippen LogP contribution in [0.25, 0.3) is 0 Å². The molecular formula is C15H17ClN4O3S. The van der Waals surface area contributed by atoms with Crippen LogP contribution in [-0.2, 0) is 14.3 Å². The number of aromatic amines is 1. The first-order valence-corrected chi connectivity index (χ1v) is 8.64. The van der Waals surface area contributed by atoms with E-state index in [0.717, 1.165) is 0 Å². The fourth-order valence-electron chi connectivity index (χ4n) is 2.02. The molecule has 1 amide bonds. The molecule has 2 rings (SSSR count). The summed E-state index contributed by atoms with van der Waals surface area (Å²) in [6.07, 6.45) is 1.54. The summed E-state index contributed by atoms with van der Waals surface area (Å²) >= 11 is 7.43. The molecule has 9 heteroatoms. The summed E-state index contributed by atoms with van der Waals surface area (Å²) in [5.41, 5.74) is 0.673. The average Bonchev–Trinajstić information content (AvgIpc) is 3.06. The SMILES string of the molecule is CCOC(=O)CC(NC(=O)CSc1cn[nH]n1)c1ccccc1Cl. The van der Waals surface area contributed by atoms with Crippen molar-refractivity contribution in [1.29, 1.82) is 0 Å². The number of hydrogen-bond acceptors (Lipinski definition) is 6. The minimum Gasteiger partial charge on any atom is -0.466 e. The molecule has 1 unspecified atom stereocenters. The van der Waals surface area contributed by atoms with Crippen molar-refractivity contribution in [1.82, 2.24) is 20.7 Å². The number of ether oxygens (including phenoxy) is 1. The predicted octanol–water partition coefficient (Wildman–Crippen LogP) is 2.36. The molecule has 0 saturated carbocycles. The summed E-state index contributed by atoms with van der Waals surface area (Å²) in [7, 11) is 0. The van der Waals surface area contributed by atoms with Gasteiger partial charge in [-0.1, -0.05) is 41.6 Å². The number of benzene rings is 1. The Kier molecular flexibility index (Phi) is 7.07. The molecule has 1 aromatic heterocycles. The standard InChI is InChI=1S/C15H17ClN4O3S/c1-2-23-15(22)7-12(10-5-3-4-6-11(10)16)18-13(21)9-24-14-8-17-20-19-14/h3-6,8,12H,2,7,9H2,1H3,(H,18,21)(H,17,19,20). The normalized spacial score (nSPS) is 11.8. The largest absolute Gasteiger partial charge is 0.466 e.